The van der Waals surface area contributed by atoms with E-state index in [1.165, 1.54) is 24.3 Å². The molecule has 5 heterocycles. The third-order valence-electron chi connectivity index (χ3n) is 16.3. The van der Waals surface area contributed by atoms with Crippen molar-refractivity contribution in [2.24, 2.45) is 0 Å². The van der Waals surface area contributed by atoms with Gasteiger partial charge in [-0.25, -0.2) is 27.5 Å². The van der Waals surface area contributed by atoms with Gasteiger partial charge in [-0.1, -0.05) is 170 Å². The Morgan fingerprint density at radius 1 is 0.256 bits per heavy atom. The molecule has 0 radical (unpaired) electrons. The standard InChI is InChI=1S/C72H36F4N8.O.V/c73-53-29-13-9-25-45(53)57-41-21-5-1-17-37(41)33-49-61(57)69-77-65(49)81-70-62-50(34-38-18-2-6-22-42(38)58(62)46-26-10-14-30-54(46)74)67(78-70)83-72-64-52(36-40-20-4-8-24-44(40)60(64)48-28-12-16-32-56(48)76)68(80-72)84-71-63-51(66(79-71)82-69)35-39-19-3-7-23-43(39)59(63)47-27-11-15-31-55(47)75;;/h1-36H;;/q-2;;+2. The molecule has 0 unspecified atom stereocenters. The number of hydrogen-bond acceptors (Lipinski definition) is 7. The number of rotatable bonds is 4. The van der Waals surface area contributed by atoms with Gasteiger partial charge in [-0.2, -0.15) is 0 Å². The molecule has 14 heteroatoms. The predicted octanol–water partition coefficient (Wildman–Crippen LogP) is 17.8. The second-order valence-corrected chi connectivity index (χ2v) is 21.0. The number of nitrogens with zero attached hydrogens (tertiary/aromatic N) is 8. The van der Waals surface area contributed by atoms with E-state index in [1.54, 1.807) is 72.8 Å². The summed E-state index contributed by atoms with van der Waals surface area (Å²) in [6.07, 6.45) is 0. The molecular formula is C72H36F4N8OV. The Morgan fingerprint density at radius 3 is 0.884 bits per heavy atom. The van der Waals surface area contributed by atoms with Crippen LogP contribution in [0.15, 0.2) is 218 Å². The van der Waals surface area contributed by atoms with Gasteiger partial charge in [0.25, 0.3) is 0 Å². The molecule has 2 aliphatic heterocycles. The summed E-state index contributed by atoms with van der Waals surface area (Å²) in [7, 11) is 0. The number of halogens is 4. The summed E-state index contributed by atoms with van der Waals surface area (Å²) < 4.78 is 75.0. The van der Waals surface area contributed by atoms with E-state index in [0.29, 0.717) is 88.3 Å². The zero-order valence-corrected chi connectivity index (χ0v) is 46.1. The molecule has 2 aliphatic rings. The van der Waals surface area contributed by atoms with Gasteiger partial charge in [-0.3, -0.25) is 0 Å². The van der Waals surface area contributed by atoms with Crippen molar-refractivity contribution in [2.45, 2.75) is 0 Å². The zero-order valence-electron chi connectivity index (χ0n) is 44.7. The summed E-state index contributed by atoms with van der Waals surface area (Å²) in [6.45, 7) is 0. The first-order chi connectivity index (χ1) is 42.3. The summed E-state index contributed by atoms with van der Waals surface area (Å²) in [5.74, 6) is -1.17. The van der Waals surface area contributed by atoms with Crippen LogP contribution in [0.4, 0.5) is 17.6 Å². The number of aromatic nitrogens is 8. The van der Waals surface area contributed by atoms with E-state index in [2.05, 4.69) is 0 Å². The Kier molecular flexibility index (Phi) is 11.8. The van der Waals surface area contributed by atoms with Crippen molar-refractivity contribution < 1.29 is 38.6 Å². The summed E-state index contributed by atoms with van der Waals surface area (Å²) in [6, 6.07) is 65.1. The molecule has 0 amide bonds. The molecule has 0 N–H and O–H groups in total. The van der Waals surface area contributed by atoms with Crippen LogP contribution < -0.4 is 9.97 Å². The fraction of sp³-hybridized carbons (Fsp3) is 0. The van der Waals surface area contributed by atoms with Crippen LogP contribution >= 0.6 is 0 Å². The maximum absolute atomic E-state index is 16.7. The van der Waals surface area contributed by atoms with Gasteiger partial charge < -0.3 is 29.9 Å². The molecule has 0 saturated carbocycles. The van der Waals surface area contributed by atoms with Crippen molar-refractivity contribution in [2.75, 3.05) is 0 Å². The van der Waals surface area contributed by atoms with Crippen LogP contribution in [0.25, 0.3) is 177 Å². The summed E-state index contributed by atoms with van der Waals surface area (Å²) in [5, 5.41) is 8.05. The van der Waals surface area contributed by atoms with Crippen molar-refractivity contribution in [1.82, 2.24) is 39.9 Å². The van der Waals surface area contributed by atoms with Gasteiger partial charge in [-0.05, 0) is 102 Å². The van der Waals surface area contributed by atoms with Gasteiger partial charge in [0.05, 0.1) is 23.3 Å². The van der Waals surface area contributed by atoms with Crippen LogP contribution in [0.2, 0.25) is 0 Å². The van der Waals surface area contributed by atoms with Crippen LogP contribution in [0.5, 0.6) is 0 Å². The van der Waals surface area contributed by atoms with Gasteiger partial charge in [-0.15, -0.1) is 0 Å². The van der Waals surface area contributed by atoms with Crippen LogP contribution in [-0.4, -0.2) is 29.9 Å². The Hall–Kier alpha value is -10.9. The average molecular weight is 1160 g/mol. The quantitative estimate of drug-likeness (QED) is 0.159. The molecule has 15 aromatic rings. The van der Waals surface area contributed by atoms with E-state index < -0.39 is 23.3 Å². The molecule has 0 spiro atoms. The number of hydrogen-bond donors (Lipinski definition) is 0. The van der Waals surface area contributed by atoms with Crippen molar-refractivity contribution >= 4 is 87.2 Å². The molecule has 0 atom stereocenters. The minimum absolute atomic E-state index is 0.159. The number of fused-ring (bicyclic) bond motifs is 24. The molecule has 0 saturated heterocycles. The van der Waals surface area contributed by atoms with Crippen molar-refractivity contribution in [3.05, 3.63) is 242 Å². The predicted molar refractivity (Wildman–Crippen MR) is 326 cm³/mol. The summed E-state index contributed by atoms with van der Waals surface area (Å²) in [5.41, 5.74) is 6.01. The van der Waals surface area contributed by atoms with E-state index in [9.17, 15) is 0 Å². The van der Waals surface area contributed by atoms with Crippen molar-refractivity contribution in [3.63, 3.8) is 0 Å². The Morgan fingerprint density at radius 2 is 0.535 bits per heavy atom. The van der Waals surface area contributed by atoms with Crippen LogP contribution in [0.3, 0.4) is 0 Å². The third-order valence-corrected chi connectivity index (χ3v) is 16.3. The average Bonchev–Trinajstić information content (AvgIpc) is 1.81. The van der Waals surface area contributed by atoms with Crippen LogP contribution in [-0.2, 0) is 21.0 Å². The fourth-order valence-corrected chi connectivity index (χ4v) is 12.7. The third kappa shape index (κ3) is 7.78. The molecule has 86 heavy (non-hydrogen) atoms. The molecule has 17 rings (SSSR count). The van der Waals surface area contributed by atoms with Gasteiger partial charge in [0.1, 0.15) is 23.3 Å². The van der Waals surface area contributed by atoms with E-state index >= 15 is 17.6 Å². The van der Waals surface area contributed by atoms with Crippen LogP contribution in [0, 0.1) is 23.3 Å². The second-order valence-electron chi connectivity index (χ2n) is 21.0. The minimum atomic E-state index is -0.464. The number of benzene rings is 12. The molecular weight excluding hydrogens is 1120 g/mol. The zero-order chi connectivity index (χ0) is 57.9. The molecule has 0 fully saturated rings. The van der Waals surface area contributed by atoms with E-state index in [1.807, 2.05) is 121 Å². The fourth-order valence-electron chi connectivity index (χ4n) is 12.7. The first-order valence-corrected chi connectivity index (χ1v) is 28.0. The maximum atomic E-state index is 16.7. The van der Waals surface area contributed by atoms with Gasteiger partial charge in [0.15, 0.2) is 0 Å². The van der Waals surface area contributed by atoms with Crippen molar-refractivity contribution in [1.29, 1.82) is 0 Å². The summed E-state index contributed by atoms with van der Waals surface area (Å²) >= 11 is 1.06. The molecule has 12 aromatic carbocycles. The molecule has 0 aliphatic carbocycles. The summed E-state index contributed by atoms with van der Waals surface area (Å²) in [4.78, 5) is 43.2. The molecule has 8 bridgehead atoms. The topological polar surface area (TPSA) is 123 Å². The second kappa shape index (κ2) is 19.9. The first-order valence-electron chi connectivity index (χ1n) is 27.4. The monoisotopic (exact) mass is 1160 g/mol. The van der Waals surface area contributed by atoms with Gasteiger partial charge >= 0.3 is 21.0 Å². The molecule has 3 aromatic heterocycles. The van der Waals surface area contributed by atoms with E-state index in [0.717, 1.165) is 60.5 Å². The Labute approximate surface area is 494 Å². The van der Waals surface area contributed by atoms with E-state index in [-0.39, 0.29) is 45.9 Å². The SMILES string of the molecule is Fc1ccccc1-c1c2c(cc3ccccc13)-c1nc-2nc2[n-]c(nc3nc(nc4[n-]c(n1)c1c(-c5ccccc5F)c5ccccc5cc41)-c1c-3cc3ccccc3c1-c1ccccc1F)c1c(-c3ccccc3F)c3ccccc3cc21.[O]=[V+2]. The van der Waals surface area contributed by atoms with E-state index in [4.69, 9.17) is 43.5 Å². The first kappa shape index (κ1) is 50.8. The molecule has 403 valence electrons. The Bertz CT molecular complexity index is 5280. The normalized spacial score (nSPS) is 11.8. The van der Waals surface area contributed by atoms with Gasteiger partial charge in [0, 0.05) is 100 Å². The Balaban J connectivity index is 0.00000297. The van der Waals surface area contributed by atoms with Gasteiger partial charge in [0.2, 0.25) is 0 Å². The molecule has 9 nitrogen and oxygen atoms in total. The van der Waals surface area contributed by atoms with Crippen molar-refractivity contribution in [3.8, 4) is 90.1 Å². The van der Waals surface area contributed by atoms with Crippen LogP contribution in [0.1, 0.15) is 0 Å².